The molecule has 1 aromatic carbocycles. The largest absolute Gasteiger partial charge is 0.469 e. The topological polar surface area (TPSA) is 82.5 Å². The molecule has 0 unspecified atom stereocenters. The molecular weight excluding hydrogens is 363 g/mol. The minimum atomic E-state index is -1.41. The van der Waals surface area contributed by atoms with E-state index in [0.29, 0.717) is 31.0 Å². The fraction of sp³-hybridized carbons (Fsp3) is 0.478. The molecule has 29 heavy (non-hydrogen) atoms. The number of hydrogen-bond acceptors (Lipinski definition) is 5. The Bertz CT molecular complexity index is 766. The molecule has 156 valence electrons. The first-order valence-corrected chi connectivity index (χ1v) is 10.4. The number of pyridine rings is 1. The summed E-state index contributed by atoms with van der Waals surface area (Å²) in [4.78, 5) is 17.5. The Labute approximate surface area is 174 Å². The molecule has 0 aliphatic heterocycles. The zero-order chi connectivity index (χ0) is 21.4. The van der Waals surface area contributed by atoms with Gasteiger partial charge in [0.05, 0.1) is 5.69 Å². The summed E-state index contributed by atoms with van der Waals surface area (Å²) in [6.07, 6.45) is 1.03. The van der Waals surface area contributed by atoms with E-state index in [1.165, 1.54) is 0 Å². The Balaban J connectivity index is 2.06. The van der Waals surface area contributed by atoms with Crippen molar-refractivity contribution < 1.29 is 14.8 Å². The van der Waals surface area contributed by atoms with Gasteiger partial charge in [-0.25, -0.2) is 4.98 Å². The Morgan fingerprint density at radius 1 is 1.03 bits per heavy atom. The van der Waals surface area contributed by atoms with Gasteiger partial charge in [-0.2, -0.15) is 0 Å². The smallest absolute Gasteiger partial charge is 0.426 e. The summed E-state index contributed by atoms with van der Waals surface area (Å²) in [5.41, 5.74) is 2.24. The molecule has 3 N–H and O–H groups in total. The second kappa shape index (κ2) is 11.2. The molecule has 0 bridgehead atoms. The monoisotopic (exact) mass is 396 g/mol. The van der Waals surface area contributed by atoms with Crippen LogP contribution in [0, 0.1) is 17.8 Å². The number of carbonyl (C=O) groups is 1. The lowest BCUT2D eigenvalue weighted by molar-refractivity contribution is 0.0941. The number of nitrogens with one attached hydrogen (secondary N) is 1. The summed E-state index contributed by atoms with van der Waals surface area (Å²) < 4.78 is 0. The molecule has 0 spiro atoms. The highest BCUT2D eigenvalue weighted by Crippen LogP contribution is 2.21. The molecule has 0 amide bonds. The summed E-state index contributed by atoms with van der Waals surface area (Å²) in [5, 5.41) is 22.5. The third-order valence-corrected chi connectivity index (χ3v) is 5.22. The van der Waals surface area contributed by atoms with E-state index in [4.69, 9.17) is 0 Å². The van der Waals surface area contributed by atoms with Crippen LogP contribution in [0.1, 0.15) is 51.0 Å². The summed E-state index contributed by atoms with van der Waals surface area (Å²) in [5.74, 6) is 0.315. The first-order valence-electron chi connectivity index (χ1n) is 10.4. The maximum atomic E-state index is 12.9. The molecule has 2 rings (SSSR count). The van der Waals surface area contributed by atoms with Crippen molar-refractivity contribution in [1.82, 2.24) is 10.3 Å². The highest BCUT2D eigenvalue weighted by molar-refractivity contribution is 6.43. The van der Waals surface area contributed by atoms with Gasteiger partial charge in [0, 0.05) is 17.9 Å². The van der Waals surface area contributed by atoms with E-state index in [-0.39, 0.29) is 17.6 Å². The van der Waals surface area contributed by atoms with Gasteiger partial charge in [0.15, 0.2) is 5.78 Å². The molecule has 0 saturated heterocycles. The van der Waals surface area contributed by atoms with Crippen LogP contribution in [0.3, 0.4) is 0 Å². The number of nitrogens with zero attached hydrogens (tertiary/aromatic N) is 1. The number of aromatic nitrogens is 1. The lowest BCUT2D eigenvalue weighted by atomic mass is 9.74. The van der Waals surface area contributed by atoms with Crippen molar-refractivity contribution in [2.45, 2.75) is 46.5 Å². The Hall–Kier alpha value is -2.02. The van der Waals surface area contributed by atoms with Crippen molar-refractivity contribution in [3.8, 4) is 11.3 Å². The minimum Gasteiger partial charge on any atom is -0.426 e. The summed E-state index contributed by atoms with van der Waals surface area (Å²) in [6.45, 7) is 8.81. The van der Waals surface area contributed by atoms with Gasteiger partial charge in [0.25, 0.3) is 0 Å². The van der Waals surface area contributed by atoms with Crippen LogP contribution in [-0.2, 0) is 0 Å². The number of rotatable bonds is 11. The fourth-order valence-electron chi connectivity index (χ4n) is 3.37. The van der Waals surface area contributed by atoms with Crippen LogP contribution >= 0.6 is 0 Å². The van der Waals surface area contributed by atoms with Gasteiger partial charge in [-0.3, -0.25) is 4.79 Å². The summed E-state index contributed by atoms with van der Waals surface area (Å²) >= 11 is 0. The van der Waals surface area contributed by atoms with Crippen LogP contribution in [0.25, 0.3) is 11.3 Å². The number of ketones is 1. The second-order valence-corrected chi connectivity index (χ2v) is 8.46. The van der Waals surface area contributed by atoms with Crippen molar-refractivity contribution >= 4 is 12.9 Å². The van der Waals surface area contributed by atoms with Gasteiger partial charge in [-0.15, -0.1) is 0 Å². The molecular formula is C23H33BN2O3. The van der Waals surface area contributed by atoms with Crippen molar-refractivity contribution in [2.75, 3.05) is 6.54 Å². The molecule has 1 heterocycles. The van der Waals surface area contributed by atoms with Gasteiger partial charge in [0.2, 0.25) is 0 Å². The summed E-state index contributed by atoms with van der Waals surface area (Å²) in [7, 11) is -1.41. The van der Waals surface area contributed by atoms with Gasteiger partial charge in [-0.1, -0.05) is 64.1 Å². The molecule has 0 saturated carbocycles. The van der Waals surface area contributed by atoms with Crippen LogP contribution in [0.15, 0.2) is 48.5 Å². The highest BCUT2D eigenvalue weighted by atomic mass is 16.4. The van der Waals surface area contributed by atoms with Gasteiger partial charge >= 0.3 is 7.12 Å². The third kappa shape index (κ3) is 7.39. The van der Waals surface area contributed by atoms with Crippen LogP contribution in [0.2, 0.25) is 0 Å². The van der Waals surface area contributed by atoms with E-state index in [1.54, 1.807) is 6.07 Å². The van der Waals surface area contributed by atoms with Crippen LogP contribution < -0.4 is 5.32 Å². The zero-order valence-electron chi connectivity index (χ0n) is 17.9. The van der Waals surface area contributed by atoms with Gasteiger partial charge in [-0.05, 0) is 42.9 Å². The molecule has 2 aromatic rings. The predicted molar refractivity (Wildman–Crippen MR) is 118 cm³/mol. The van der Waals surface area contributed by atoms with E-state index in [0.717, 1.165) is 11.3 Å². The predicted octanol–water partition coefficient (Wildman–Crippen LogP) is 3.61. The quantitative estimate of drug-likeness (QED) is 0.399. The van der Waals surface area contributed by atoms with Crippen molar-refractivity contribution in [3.63, 3.8) is 0 Å². The SMILES string of the molecule is CC(C)C[C@H](NC[C@@H](CC(=O)c1cccc(-c2ccccc2)n1)C(C)C)B(O)O. The van der Waals surface area contributed by atoms with E-state index in [2.05, 4.69) is 24.1 Å². The van der Waals surface area contributed by atoms with Crippen LogP contribution in [-0.4, -0.2) is 40.4 Å². The first-order chi connectivity index (χ1) is 13.8. The number of Topliss-reactive ketones (excluding diaryl/α,β-unsaturated/α-hetero) is 1. The van der Waals surface area contributed by atoms with Crippen LogP contribution in [0.4, 0.5) is 0 Å². The molecule has 0 fully saturated rings. The van der Waals surface area contributed by atoms with E-state index < -0.39 is 13.1 Å². The van der Waals surface area contributed by atoms with Crippen molar-refractivity contribution in [3.05, 3.63) is 54.2 Å². The van der Waals surface area contributed by atoms with E-state index in [1.807, 2.05) is 56.3 Å². The maximum absolute atomic E-state index is 12.9. The van der Waals surface area contributed by atoms with Gasteiger partial charge < -0.3 is 15.4 Å². The van der Waals surface area contributed by atoms with Gasteiger partial charge in [0.1, 0.15) is 5.69 Å². The molecule has 1 aromatic heterocycles. The number of hydrogen-bond donors (Lipinski definition) is 3. The summed E-state index contributed by atoms with van der Waals surface area (Å²) in [6, 6.07) is 15.4. The standard InChI is InChI=1S/C23H33BN2O3/c1-16(2)13-23(24(28)29)25-15-19(17(3)4)14-22(27)21-12-8-11-20(26-21)18-9-6-5-7-10-18/h5-12,16-17,19,23,25,28-29H,13-15H2,1-4H3/t19-,23+/m1/s1. The third-order valence-electron chi connectivity index (χ3n) is 5.22. The van der Waals surface area contributed by atoms with Crippen molar-refractivity contribution in [2.24, 2.45) is 17.8 Å². The Morgan fingerprint density at radius 2 is 1.72 bits per heavy atom. The molecule has 0 aliphatic rings. The highest BCUT2D eigenvalue weighted by Gasteiger charge is 2.26. The Morgan fingerprint density at radius 3 is 2.31 bits per heavy atom. The fourth-order valence-corrected chi connectivity index (χ4v) is 3.37. The lowest BCUT2D eigenvalue weighted by Crippen LogP contribution is -2.46. The molecule has 2 atom stereocenters. The van der Waals surface area contributed by atoms with Crippen molar-refractivity contribution in [1.29, 1.82) is 0 Å². The molecule has 0 radical (unpaired) electrons. The van der Waals surface area contributed by atoms with Crippen LogP contribution in [0.5, 0.6) is 0 Å². The maximum Gasteiger partial charge on any atom is 0.469 e. The lowest BCUT2D eigenvalue weighted by Gasteiger charge is -2.25. The normalized spacial score (nSPS) is 13.5. The average molecular weight is 396 g/mol. The minimum absolute atomic E-state index is 0.00763. The first kappa shape index (κ1) is 23.3. The number of carbonyl (C=O) groups excluding carboxylic acids is 1. The zero-order valence-corrected chi connectivity index (χ0v) is 17.9. The molecule has 5 nitrogen and oxygen atoms in total. The Kier molecular flexibility index (Phi) is 9.02. The van der Waals surface area contributed by atoms with E-state index in [9.17, 15) is 14.8 Å². The van der Waals surface area contributed by atoms with E-state index >= 15 is 0 Å². The second-order valence-electron chi connectivity index (χ2n) is 8.46. The number of benzene rings is 1. The molecule has 0 aliphatic carbocycles. The average Bonchev–Trinajstić information content (AvgIpc) is 2.70. The molecule has 6 heteroatoms.